The molecule has 2 aromatic rings. The quantitative estimate of drug-likeness (QED) is 0.372. The van der Waals surface area contributed by atoms with Gasteiger partial charge >= 0.3 is 5.97 Å². The number of esters is 1. The van der Waals surface area contributed by atoms with Crippen LogP contribution in [0.1, 0.15) is 39.2 Å². The Balaban J connectivity index is 0.00000210. The predicted octanol–water partition coefficient (Wildman–Crippen LogP) is 3.75. The number of hydrogen-bond acceptors (Lipinski definition) is 6. The molecule has 0 aliphatic carbocycles. The van der Waals surface area contributed by atoms with Gasteiger partial charge in [-0.1, -0.05) is 61.3 Å². The summed E-state index contributed by atoms with van der Waals surface area (Å²) in [6.07, 6.45) is -1.55. The van der Waals surface area contributed by atoms with Crippen molar-refractivity contribution in [3.63, 3.8) is 0 Å². The van der Waals surface area contributed by atoms with Crippen LogP contribution in [0.15, 0.2) is 42.5 Å². The van der Waals surface area contributed by atoms with Crippen LogP contribution in [0.2, 0.25) is 10.0 Å². The monoisotopic (exact) mass is 524 g/mol. The average Bonchev–Trinajstić information content (AvgIpc) is 3.39. The largest absolute Gasteiger partial charge is 0.464 e. The van der Waals surface area contributed by atoms with Gasteiger partial charge in [-0.25, -0.2) is 4.79 Å². The lowest BCUT2D eigenvalue weighted by atomic mass is 9.95. The first kappa shape index (κ1) is 29.1. The number of carbonyl (C=O) groups is 2. The molecular formula is C26H34Cl2N2O5. The van der Waals surface area contributed by atoms with E-state index in [4.69, 9.17) is 27.9 Å². The molecule has 192 valence electrons. The summed E-state index contributed by atoms with van der Waals surface area (Å²) >= 11 is 12.2. The second-order valence-electron chi connectivity index (χ2n) is 8.01. The van der Waals surface area contributed by atoms with Crippen molar-refractivity contribution >= 4 is 35.1 Å². The van der Waals surface area contributed by atoms with E-state index in [1.54, 1.807) is 25.1 Å². The lowest BCUT2D eigenvalue weighted by Gasteiger charge is -2.28. The molecule has 1 aliphatic rings. The van der Waals surface area contributed by atoms with Gasteiger partial charge in [0.05, 0.1) is 18.7 Å². The minimum Gasteiger partial charge on any atom is -0.464 e. The summed E-state index contributed by atoms with van der Waals surface area (Å²) in [4.78, 5) is 24.6. The van der Waals surface area contributed by atoms with Crippen LogP contribution in [0.3, 0.4) is 0 Å². The molecule has 0 radical (unpaired) electrons. The first-order valence-electron chi connectivity index (χ1n) is 11.9. The molecule has 3 unspecified atom stereocenters. The molecular weight excluding hydrogens is 491 g/mol. The zero-order valence-electron chi connectivity index (χ0n) is 20.3. The molecule has 0 bridgehead atoms. The van der Waals surface area contributed by atoms with Crippen molar-refractivity contribution in [1.82, 2.24) is 10.6 Å². The van der Waals surface area contributed by atoms with Gasteiger partial charge in [0.25, 0.3) is 0 Å². The van der Waals surface area contributed by atoms with Crippen LogP contribution in [0.25, 0.3) is 11.1 Å². The molecule has 1 aliphatic heterocycles. The van der Waals surface area contributed by atoms with Gasteiger partial charge in [0, 0.05) is 10.0 Å². The normalized spacial score (nSPS) is 17.5. The van der Waals surface area contributed by atoms with E-state index in [1.165, 1.54) is 0 Å². The van der Waals surface area contributed by atoms with Crippen LogP contribution < -0.4 is 10.6 Å². The smallest absolute Gasteiger partial charge is 0.337 e. The van der Waals surface area contributed by atoms with Crippen molar-refractivity contribution in [2.45, 2.75) is 64.3 Å². The molecule has 4 N–H and O–H groups in total. The number of hydrogen-bond donors (Lipinski definition) is 4. The molecule has 0 saturated carbocycles. The molecule has 1 fully saturated rings. The van der Waals surface area contributed by atoms with E-state index < -0.39 is 24.2 Å². The van der Waals surface area contributed by atoms with Gasteiger partial charge in [-0.05, 0) is 67.6 Å². The average molecular weight is 525 g/mol. The Morgan fingerprint density at radius 1 is 1.09 bits per heavy atom. The summed E-state index contributed by atoms with van der Waals surface area (Å²) < 4.78 is 4.82. The second-order valence-corrected chi connectivity index (χ2v) is 8.88. The summed E-state index contributed by atoms with van der Waals surface area (Å²) in [6.45, 7) is 6.42. The third kappa shape index (κ3) is 8.47. The van der Waals surface area contributed by atoms with Crippen molar-refractivity contribution in [2.24, 2.45) is 0 Å². The highest BCUT2D eigenvalue weighted by Gasteiger charge is 2.35. The number of nitrogens with one attached hydrogen (secondary N) is 2. The zero-order chi connectivity index (χ0) is 26.0. The van der Waals surface area contributed by atoms with Crippen LogP contribution in [-0.4, -0.2) is 59.5 Å². The molecule has 4 atom stereocenters. The Morgan fingerprint density at radius 2 is 1.71 bits per heavy atom. The lowest BCUT2D eigenvalue weighted by molar-refractivity contribution is -0.160. The number of benzene rings is 2. The topological polar surface area (TPSA) is 108 Å². The summed E-state index contributed by atoms with van der Waals surface area (Å²) in [5.41, 5.74) is 2.55. The van der Waals surface area contributed by atoms with Crippen LogP contribution in [0, 0.1) is 0 Å². The summed E-state index contributed by atoms with van der Waals surface area (Å²) in [7, 11) is 0. The van der Waals surface area contributed by atoms with E-state index in [9.17, 15) is 19.8 Å². The molecule has 1 heterocycles. The van der Waals surface area contributed by atoms with Gasteiger partial charge in [-0.15, -0.1) is 0 Å². The van der Waals surface area contributed by atoms with Gasteiger partial charge in [0.1, 0.15) is 6.10 Å². The number of carbonyl (C=O) groups excluding carboxylic acids is 2. The van der Waals surface area contributed by atoms with E-state index in [0.717, 1.165) is 29.7 Å². The Kier molecular flexibility index (Phi) is 12.0. The van der Waals surface area contributed by atoms with Crippen molar-refractivity contribution in [3.05, 3.63) is 58.1 Å². The van der Waals surface area contributed by atoms with Crippen LogP contribution in [-0.2, 0) is 20.7 Å². The molecule has 0 aromatic heterocycles. The highest BCUT2D eigenvalue weighted by atomic mass is 35.5. The van der Waals surface area contributed by atoms with Crippen molar-refractivity contribution < 1.29 is 24.5 Å². The standard InChI is InChI=1S/C24H28Cl2N2O5.C2H6/c1-2-33-24(32)22(30)21(29)20(28-23(31)19-4-3-9-27-19)10-14-5-7-15(8-6-14)16-11-17(25)13-18(26)12-16;1-2/h5-8,11-13,19-22,27,29-30H,2-4,9-10H2,1H3,(H,28,31);1-2H3/t19-,20?,21?,22?;/m0./s1. The van der Waals surface area contributed by atoms with Crippen LogP contribution in [0.5, 0.6) is 0 Å². The van der Waals surface area contributed by atoms with Gasteiger partial charge < -0.3 is 25.6 Å². The number of amides is 1. The van der Waals surface area contributed by atoms with Gasteiger partial charge in [0.15, 0.2) is 6.10 Å². The first-order chi connectivity index (χ1) is 16.8. The van der Waals surface area contributed by atoms with Crippen molar-refractivity contribution in [1.29, 1.82) is 0 Å². The lowest BCUT2D eigenvalue weighted by Crippen LogP contribution is -2.55. The van der Waals surface area contributed by atoms with Gasteiger partial charge in [0.2, 0.25) is 5.91 Å². The molecule has 35 heavy (non-hydrogen) atoms. The maximum absolute atomic E-state index is 12.7. The molecule has 1 saturated heterocycles. The molecule has 0 spiro atoms. The number of ether oxygens (including phenoxy) is 1. The molecule has 2 aromatic carbocycles. The van der Waals surface area contributed by atoms with Crippen molar-refractivity contribution in [3.8, 4) is 11.1 Å². The fourth-order valence-electron chi connectivity index (χ4n) is 3.84. The maximum atomic E-state index is 12.7. The summed E-state index contributed by atoms with van der Waals surface area (Å²) in [5.74, 6) is -1.21. The van der Waals surface area contributed by atoms with Crippen LogP contribution >= 0.6 is 23.2 Å². The fourth-order valence-corrected chi connectivity index (χ4v) is 4.37. The molecule has 3 rings (SSSR count). The maximum Gasteiger partial charge on any atom is 0.337 e. The summed E-state index contributed by atoms with van der Waals surface area (Å²) in [5, 5.41) is 27.9. The Bertz CT molecular complexity index is 944. The minimum absolute atomic E-state index is 0.0701. The van der Waals surface area contributed by atoms with E-state index >= 15 is 0 Å². The van der Waals surface area contributed by atoms with E-state index in [0.29, 0.717) is 16.5 Å². The predicted molar refractivity (Wildman–Crippen MR) is 139 cm³/mol. The first-order valence-corrected chi connectivity index (χ1v) is 12.7. The number of aliphatic hydroxyl groups is 2. The van der Waals surface area contributed by atoms with E-state index in [-0.39, 0.29) is 25.0 Å². The van der Waals surface area contributed by atoms with Gasteiger partial charge in [-0.3, -0.25) is 4.79 Å². The van der Waals surface area contributed by atoms with E-state index in [1.807, 2.05) is 38.1 Å². The van der Waals surface area contributed by atoms with Crippen LogP contribution in [0.4, 0.5) is 0 Å². The minimum atomic E-state index is -1.78. The Labute approximate surface area is 216 Å². The third-order valence-corrected chi connectivity index (χ3v) is 6.01. The van der Waals surface area contributed by atoms with Gasteiger partial charge in [-0.2, -0.15) is 0 Å². The van der Waals surface area contributed by atoms with Crippen molar-refractivity contribution in [2.75, 3.05) is 13.2 Å². The number of rotatable bonds is 9. The summed E-state index contributed by atoms with van der Waals surface area (Å²) in [6, 6.07) is 11.5. The fraction of sp³-hybridized carbons (Fsp3) is 0.462. The number of halogens is 2. The van der Waals surface area contributed by atoms with E-state index in [2.05, 4.69) is 10.6 Å². The highest BCUT2D eigenvalue weighted by molar-refractivity contribution is 6.35. The number of aliphatic hydroxyl groups excluding tert-OH is 2. The highest BCUT2D eigenvalue weighted by Crippen LogP contribution is 2.27. The second kappa shape index (κ2) is 14.4. The molecule has 7 nitrogen and oxygen atoms in total. The SMILES string of the molecule is CC.CCOC(=O)C(O)C(O)C(Cc1ccc(-c2cc(Cl)cc(Cl)c2)cc1)NC(=O)[C@@H]1CCCN1. The molecule has 1 amide bonds. The Hall–Kier alpha value is -2.16. The third-order valence-electron chi connectivity index (χ3n) is 5.57. The zero-order valence-corrected chi connectivity index (χ0v) is 21.8. The molecule has 9 heteroatoms. The Morgan fingerprint density at radius 3 is 2.26 bits per heavy atom.